The van der Waals surface area contributed by atoms with Crippen molar-refractivity contribution in [1.29, 1.82) is 0 Å². The molecule has 0 spiro atoms. The summed E-state index contributed by atoms with van der Waals surface area (Å²) >= 11 is 0. The molecule has 138 valence electrons. The Morgan fingerprint density at radius 3 is 2.65 bits per heavy atom. The third-order valence-corrected chi connectivity index (χ3v) is 5.22. The minimum absolute atomic E-state index is 0.131. The lowest BCUT2D eigenvalue weighted by Crippen LogP contribution is -2.30. The van der Waals surface area contributed by atoms with Gasteiger partial charge in [0, 0.05) is 6.54 Å². The van der Waals surface area contributed by atoms with E-state index in [1.54, 1.807) is 11.6 Å². The highest BCUT2D eigenvalue weighted by Crippen LogP contribution is 2.34. The van der Waals surface area contributed by atoms with E-state index in [1.165, 1.54) is 12.3 Å². The fourth-order valence-electron chi connectivity index (χ4n) is 2.45. The van der Waals surface area contributed by atoms with Gasteiger partial charge in [0.05, 0.1) is 17.6 Å². The molecule has 2 heterocycles. The number of phenols is 1. The highest BCUT2D eigenvalue weighted by Gasteiger charge is 2.37. The van der Waals surface area contributed by atoms with Crippen LogP contribution in [0.3, 0.4) is 0 Å². The molecule has 1 saturated heterocycles. The molecular weight excluding hydrogens is 365 g/mol. The number of phenolic OH excluding ortho intramolecular Hbond substituents is 1. The number of nitrogens with one attached hydrogen (secondary N) is 2. The van der Waals surface area contributed by atoms with Crippen molar-refractivity contribution < 1.29 is 22.7 Å². The summed E-state index contributed by atoms with van der Waals surface area (Å²) in [7, 11) is -4.21. The molecule has 9 nitrogen and oxygen atoms in total. The van der Waals surface area contributed by atoms with Gasteiger partial charge in [-0.1, -0.05) is 0 Å². The Hall–Kier alpha value is -2.95. The molecule has 0 bridgehead atoms. The van der Waals surface area contributed by atoms with Gasteiger partial charge in [0.2, 0.25) is 0 Å². The molecule has 3 rings (SSSR count). The number of benzene rings is 1. The number of anilines is 2. The van der Waals surface area contributed by atoms with Crippen LogP contribution in [-0.2, 0) is 21.5 Å². The number of nitrogens with zero attached hydrogens (tertiary/aromatic N) is 3. The Kier molecular flexibility index (Phi) is 4.40. The topological polar surface area (TPSA) is 125 Å². The molecule has 26 heavy (non-hydrogen) atoms. The van der Waals surface area contributed by atoms with E-state index in [-0.39, 0.29) is 6.54 Å². The van der Waals surface area contributed by atoms with Gasteiger partial charge in [-0.05, 0) is 31.5 Å². The molecule has 1 aliphatic rings. The number of carbonyl (C=O) groups is 1. The first kappa shape index (κ1) is 17.9. The van der Waals surface area contributed by atoms with Gasteiger partial charge in [-0.25, -0.2) is 18.4 Å². The molecule has 0 radical (unpaired) electrons. The molecule has 1 aliphatic heterocycles. The van der Waals surface area contributed by atoms with Crippen LogP contribution in [-0.4, -0.2) is 35.9 Å². The first-order valence-electron chi connectivity index (χ1n) is 7.56. The molecule has 0 atom stereocenters. The number of hydrogen-bond acceptors (Lipinski definition) is 7. The third kappa shape index (κ3) is 3.38. The van der Waals surface area contributed by atoms with Crippen molar-refractivity contribution in [3.05, 3.63) is 41.1 Å². The van der Waals surface area contributed by atoms with Crippen LogP contribution >= 0.6 is 0 Å². The second-order valence-electron chi connectivity index (χ2n) is 5.76. The molecule has 2 aromatic rings. The number of amides is 1. The minimum atomic E-state index is -4.21. The van der Waals surface area contributed by atoms with Crippen LogP contribution < -0.4 is 14.3 Å². The first-order chi connectivity index (χ1) is 12.2. The normalized spacial score (nSPS) is 15.8. The van der Waals surface area contributed by atoms with Gasteiger partial charge in [0.15, 0.2) is 5.82 Å². The Morgan fingerprint density at radius 2 is 2.08 bits per heavy atom. The largest absolute Gasteiger partial charge is 0.506 e. The molecule has 0 aliphatic carbocycles. The number of aryl methyl sites for hydroxylation is 2. The van der Waals surface area contributed by atoms with Gasteiger partial charge in [-0.3, -0.25) is 9.78 Å². The van der Waals surface area contributed by atoms with E-state index in [0.717, 1.165) is 17.5 Å². The van der Waals surface area contributed by atoms with Crippen LogP contribution in [0.1, 0.15) is 17.0 Å². The minimum Gasteiger partial charge on any atom is -0.506 e. The summed E-state index contributed by atoms with van der Waals surface area (Å²) in [6.45, 7) is 3.17. The monoisotopic (exact) mass is 381 g/mol. The summed E-state index contributed by atoms with van der Waals surface area (Å²) < 4.78 is 40.3. The quantitative estimate of drug-likeness (QED) is 0.713. The highest BCUT2D eigenvalue weighted by atomic mass is 32.2. The lowest BCUT2D eigenvalue weighted by Gasteiger charge is -2.18. The van der Waals surface area contributed by atoms with Crippen LogP contribution in [0.25, 0.3) is 0 Å². The zero-order valence-electron chi connectivity index (χ0n) is 13.9. The molecule has 1 fully saturated rings. The Bertz CT molecular complexity index is 973. The smallest absolute Gasteiger partial charge is 0.326 e. The van der Waals surface area contributed by atoms with Crippen LogP contribution in [0.4, 0.5) is 15.9 Å². The molecule has 1 aromatic heterocycles. The van der Waals surface area contributed by atoms with E-state index >= 15 is 0 Å². The maximum absolute atomic E-state index is 14.4. The van der Waals surface area contributed by atoms with Crippen LogP contribution in [0.5, 0.6) is 5.75 Å². The predicted octanol–water partition coefficient (Wildman–Crippen LogP) is 0.731. The maximum Gasteiger partial charge on any atom is 0.326 e. The second kappa shape index (κ2) is 6.41. The van der Waals surface area contributed by atoms with Crippen LogP contribution in [0.2, 0.25) is 0 Å². The molecule has 1 aromatic carbocycles. The summed E-state index contributed by atoms with van der Waals surface area (Å²) in [5.41, 5.74) is 1.33. The van der Waals surface area contributed by atoms with Gasteiger partial charge in [-0.2, -0.15) is 8.42 Å². The summed E-state index contributed by atoms with van der Waals surface area (Å²) in [4.78, 5) is 19.7. The molecule has 0 unspecified atom stereocenters. The van der Waals surface area contributed by atoms with Crippen LogP contribution in [0, 0.1) is 19.7 Å². The van der Waals surface area contributed by atoms with Gasteiger partial charge in [0.25, 0.3) is 5.91 Å². The van der Waals surface area contributed by atoms with Crippen molar-refractivity contribution in [1.82, 2.24) is 14.7 Å². The fourth-order valence-corrected chi connectivity index (χ4v) is 3.62. The predicted molar refractivity (Wildman–Crippen MR) is 91.3 cm³/mol. The molecule has 1 amide bonds. The number of aromatic hydroxyl groups is 1. The number of rotatable bonds is 4. The van der Waals surface area contributed by atoms with Gasteiger partial charge >= 0.3 is 10.2 Å². The Labute approximate surface area is 149 Å². The SMILES string of the molecule is Cc1ncc(NCc2cc(O)c(N3CC(=O)NS3(=O)=O)c(F)c2)nc1C. The molecule has 0 saturated carbocycles. The zero-order chi connectivity index (χ0) is 19.1. The van der Waals surface area contributed by atoms with E-state index < -0.39 is 39.9 Å². The summed E-state index contributed by atoms with van der Waals surface area (Å²) in [5, 5.41) is 13.0. The summed E-state index contributed by atoms with van der Waals surface area (Å²) in [6.07, 6.45) is 1.53. The van der Waals surface area contributed by atoms with E-state index in [2.05, 4.69) is 15.3 Å². The number of aromatic nitrogens is 2. The average Bonchev–Trinajstić information content (AvgIpc) is 2.80. The number of halogens is 1. The van der Waals surface area contributed by atoms with Crippen molar-refractivity contribution in [2.24, 2.45) is 0 Å². The standard InChI is InChI=1S/C15H16FN5O4S/c1-8-9(2)19-13(6-17-8)18-5-10-3-11(16)15(12(22)4-10)21-7-14(23)20-26(21,24)25/h3-4,6,22H,5,7H2,1-2H3,(H,18,19)(H,20,23). The van der Waals surface area contributed by atoms with Crippen molar-refractivity contribution in [3.63, 3.8) is 0 Å². The van der Waals surface area contributed by atoms with Crippen LogP contribution in [0.15, 0.2) is 18.3 Å². The van der Waals surface area contributed by atoms with E-state index in [0.29, 0.717) is 15.7 Å². The average molecular weight is 381 g/mol. The number of hydrogen-bond donors (Lipinski definition) is 3. The van der Waals surface area contributed by atoms with Crippen molar-refractivity contribution in [2.75, 3.05) is 16.2 Å². The maximum atomic E-state index is 14.4. The van der Waals surface area contributed by atoms with Gasteiger partial charge < -0.3 is 10.4 Å². The van der Waals surface area contributed by atoms with Crippen molar-refractivity contribution >= 4 is 27.6 Å². The fraction of sp³-hybridized carbons (Fsp3) is 0.267. The lowest BCUT2D eigenvalue weighted by molar-refractivity contribution is -0.117. The van der Waals surface area contributed by atoms with E-state index in [1.807, 2.05) is 6.92 Å². The third-order valence-electron chi connectivity index (χ3n) is 3.84. The van der Waals surface area contributed by atoms with E-state index in [4.69, 9.17) is 0 Å². The summed E-state index contributed by atoms with van der Waals surface area (Å²) in [6, 6.07) is 2.30. The Morgan fingerprint density at radius 1 is 1.35 bits per heavy atom. The molecular formula is C15H16FN5O4S. The Balaban J connectivity index is 1.83. The number of carbonyl (C=O) groups excluding carboxylic acids is 1. The highest BCUT2D eigenvalue weighted by molar-refractivity contribution is 7.92. The molecule has 11 heteroatoms. The molecule has 3 N–H and O–H groups in total. The van der Waals surface area contributed by atoms with Gasteiger partial charge in [-0.15, -0.1) is 0 Å². The van der Waals surface area contributed by atoms with Crippen molar-refractivity contribution in [2.45, 2.75) is 20.4 Å². The van der Waals surface area contributed by atoms with E-state index in [9.17, 15) is 22.7 Å². The van der Waals surface area contributed by atoms with Gasteiger partial charge in [0.1, 0.15) is 23.8 Å². The summed E-state index contributed by atoms with van der Waals surface area (Å²) in [5.74, 6) is -1.88. The first-order valence-corrected chi connectivity index (χ1v) is 9.00. The second-order valence-corrected chi connectivity index (χ2v) is 7.36. The zero-order valence-corrected chi connectivity index (χ0v) is 14.8. The van der Waals surface area contributed by atoms with Crippen molar-refractivity contribution in [3.8, 4) is 5.75 Å². The lowest BCUT2D eigenvalue weighted by atomic mass is 10.1.